The van der Waals surface area contributed by atoms with Crippen LogP contribution in [0.4, 0.5) is 9.59 Å². The summed E-state index contributed by atoms with van der Waals surface area (Å²) in [5.74, 6) is 1.09. The van der Waals surface area contributed by atoms with Gasteiger partial charge in [0.05, 0.1) is 49.9 Å². The van der Waals surface area contributed by atoms with E-state index >= 15 is 0 Å². The van der Waals surface area contributed by atoms with Gasteiger partial charge in [0.15, 0.2) is 0 Å². The summed E-state index contributed by atoms with van der Waals surface area (Å²) in [7, 11) is 6.09. The molecular formula is C40H42Cl2N6O6. The van der Waals surface area contributed by atoms with Crippen molar-refractivity contribution in [1.29, 1.82) is 0 Å². The largest absolute Gasteiger partial charge is 0.481 e. The Morgan fingerprint density at radius 2 is 0.944 bits per heavy atom. The first-order valence-electron chi connectivity index (χ1n) is 17.8. The van der Waals surface area contributed by atoms with Gasteiger partial charge in [-0.05, 0) is 12.1 Å². The van der Waals surface area contributed by atoms with Crippen LogP contribution in [-0.2, 0) is 22.6 Å². The molecule has 14 heteroatoms. The molecule has 8 rings (SSSR count). The Bertz CT molecular complexity index is 1960. The molecule has 0 unspecified atom stereocenters. The molecule has 4 aliphatic heterocycles. The molecule has 0 saturated carbocycles. The number of ether oxygens (including phenoxy) is 4. The third kappa shape index (κ3) is 6.48. The molecule has 2 aromatic heterocycles. The Morgan fingerprint density at radius 3 is 1.30 bits per heavy atom. The highest BCUT2D eigenvalue weighted by molar-refractivity contribution is 6.39. The molecule has 0 radical (unpaired) electrons. The predicted octanol–water partition coefficient (Wildman–Crippen LogP) is 6.57. The summed E-state index contributed by atoms with van der Waals surface area (Å²) in [4.78, 5) is 41.5. The maximum absolute atomic E-state index is 11.8. The van der Waals surface area contributed by atoms with Crippen molar-refractivity contribution in [3.63, 3.8) is 0 Å². The lowest BCUT2D eigenvalue weighted by Gasteiger charge is -2.59. The fraction of sp³-hybridized carbons (Fsp3) is 0.400. The molecule has 6 heterocycles. The van der Waals surface area contributed by atoms with E-state index in [2.05, 4.69) is 9.80 Å². The molecule has 2 spiro atoms. The Morgan fingerprint density at radius 1 is 0.574 bits per heavy atom. The van der Waals surface area contributed by atoms with Gasteiger partial charge >= 0.3 is 12.2 Å². The van der Waals surface area contributed by atoms with Gasteiger partial charge in [-0.3, -0.25) is 9.80 Å². The molecule has 4 saturated heterocycles. The van der Waals surface area contributed by atoms with Crippen molar-refractivity contribution in [2.45, 2.75) is 13.1 Å². The number of pyridine rings is 2. The minimum Gasteiger partial charge on any atom is -0.481 e. The number of amides is 2. The van der Waals surface area contributed by atoms with E-state index in [-0.39, 0.29) is 23.0 Å². The van der Waals surface area contributed by atoms with Crippen LogP contribution in [0, 0.1) is 10.8 Å². The van der Waals surface area contributed by atoms with E-state index in [1.54, 1.807) is 24.0 Å². The molecule has 2 aromatic carbocycles. The third-order valence-corrected chi connectivity index (χ3v) is 11.9. The zero-order chi connectivity index (χ0) is 37.8. The quantitative estimate of drug-likeness (QED) is 0.185. The Kier molecular flexibility index (Phi) is 9.58. The van der Waals surface area contributed by atoms with Crippen molar-refractivity contribution >= 4 is 35.4 Å². The van der Waals surface area contributed by atoms with E-state index in [1.807, 2.05) is 60.7 Å². The molecular weight excluding hydrogens is 731 g/mol. The van der Waals surface area contributed by atoms with Gasteiger partial charge in [0, 0.05) is 110 Å². The highest BCUT2D eigenvalue weighted by Crippen LogP contribution is 2.45. The lowest BCUT2D eigenvalue weighted by molar-refractivity contribution is -0.107. The maximum atomic E-state index is 11.8. The van der Waals surface area contributed by atoms with Crippen molar-refractivity contribution in [3.8, 4) is 45.4 Å². The monoisotopic (exact) mass is 772 g/mol. The summed E-state index contributed by atoms with van der Waals surface area (Å²) < 4.78 is 21.2. The SMILES string of the molecule is COC(=O)N1CC2(CN(Cc3ccc(-c4cccc(-c5cccc(-c6ccc(CN7CC8(C7)CN(C(=O)OC)C8)c(OC)n6)c5Cl)c4Cl)nc3OC)C2)C1. The number of aromatic nitrogens is 2. The van der Waals surface area contributed by atoms with Gasteiger partial charge < -0.3 is 28.7 Å². The van der Waals surface area contributed by atoms with Crippen LogP contribution in [0.3, 0.4) is 0 Å². The standard InChI is InChI=1S/C40H42Cl2N6O6/c1-51-35-25(15-45-17-39(18-45)21-47(22-39)37(49)53-3)11-13-31(43-35)29-9-5-7-27(33(29)41)28-8-6-10-30(34(28)42)32-14-12-26(36(44-32)52-2)16-46-19-40(20-46)23-48(24-40)38(50)54-4/h5-14H,15-24H2,1-4H3. The Labute approximate surface area is 324 Å². The fourth-order valence-corrected chi connectivity index (χ4v) is 9.31. The predicted molar refractivity (Wildman–Crippen MR) is 205 cm³/mol. The number of nitrogens with zero attached hydrogens (tertiary/aromatic N) is 6. The second-order valence-electron chi connectivity index (χ2n) is 15.0. The molecule has 2 amide bonds. The lowest BCUT2D eigenvalue weighted by Crippen LogP contribution is -2.72. The number of halogens is 2. The van der Waals surface area contributed by atoms with Gasteiger partial charge in [-0.1, -0.05) is 71.7 Å². The van der Waals surface area contributed by atoms with E-state index in [9.17, 15) is 9.59 Å². The highest BCUT2D eigenvalue weighted by Gasteiger charge is 2.54. The van der Waals surface area contributed by atoms with Gasteiger partial charge in [-0.15, -0.1) is 0 Å². The Hall–Kier alpha value is -4.62. The van der Waals surface area contributed by atoms with Gasteiger partial charge in [0.25, 0.3) is 0 Å². The van der Waals surface area contributed by atoms with E-state index < -0.39 is 0 Å². The van der Waals surface area contributed by atoms with Crippen LogP contribution in [0.15, 0.2) is 60.7 Å². The molecule has 4 aromatic rings. The minimum absolute atomic E-state index is 0.152. The molecule has 282 valence electrons. The highest BCUT2D eigenvalue weighted by atomic mass is 35.5. The van der Waals surface area contributed by atoms with Crippen LogP contribution in [0.2, 0.25) is 10.0 Å². The molecule has 12 nitrogen and oxygen atoms in total. The summed E-state index contributed by atoms with van der Waals surface area (Å²) in [5.41, 5.74) is 6.72. The zero-order valence-electron chi connectivity index (χ0n) is 30.7. The number of likely N-dealkylation sites (tertiary alicyclic amines) is 4. The number of benzene rings is 2. The number of hydrogen-bond acceptors (Lipinski definition) is 10. The number of carbonyl (C=O) groups excluding carboxylic acids is 2. The number of carbonyl (C=O) groups is 2. The molecule has 0 atom stereocenters. The Balaban J connectivity index is 0.963. The van der Waals surface area contributed by atoms with Crippen LogP contribution < -0.4 is 9.47 Å². The fourth-order valence-electron chi connectivity index (χ4n) is 8.66. The average Bonchev–Trinajstić information content (AvgIpc) is 3.12. The minimum atomic E-state index is -0.264. The van der Waals surface area contributed by atoms with E-state index in [0.29, 0.717) is 46.3 Å². The van der Waals surface area contributed by atoms with Crippen LogP contribution in [0.1, 0.15) is 11.1 Å². The smallest absolute Gasteiger partial charge is 0.409 e. The molecule has 0 N–H and O–H groups in total. The molecule has 54 heavy (non-hydrogen) atoms. The summed E-state index contributed by atoms with van der Waals surface area (Å²) >= 11 is 14.3. The van der Waals surface area contributed by atoms with Crippen molar-refractivity contribution in [1.82, 2.24) is 29.6 Å². The number of hydrogen-bond donors (Lipinski definition) is 0. The first kappa shape index (κ1) is 36.4. The summed E-state index contributed by atoms with van der Waals surface area (Å²) in [6.07, 6.45) is -0.529. The molecule has 0 aliphatic carbocycles. The van der Waals surface area contributed by atoms with E-state index in [4.69, 9.17) is 52.1 Å². The van der Waals surface area contributed by atoms with E-state index in [0.717, 1.165) is 85.7 Å². The summed E-state index contributed by atoms with van der Waals surface area (Å²) in [6, 6.07) is 19.7. The van der Waals surface area contributed by atoms with Crippen molar-refractivity contribution in [2.75, 3.05) is 80.8 Å². The third-order valence-electron chi connectivity index (χ3n) is 11.1. The van der Waals surface area contributed by atoms with Gasteiger partial charge in [0.1, 0.15) is 0 Å². The van der Waals surface area contributed by atoms with Crippen LogP contribution in [-0.4, -0.2) is 123 Å². The van der Waals surface area contributed by atoms with Gasteiger partial charge in [0.2, 0.25) is 11.8 Å². The lowest BCUT2D eigenvalue weighted by atomic mass is 9.73. The molecule has 0 bridgehead atoms. The molecule has 4 aliphatic rings. The van der Waals surface area contributed by atoms with Crippen molar-refractivity contribution in [2.24, 2.45) is 10.8 Å². The first-order chi connectivity index (χ1) is 26.1. The van der Waals surface area contributed by atoms with E-state index in [1.165, 1.54) is 14.2 Å². The van der Waals surface area contributed by atoms with Crippen molar-refractivity contribution < 1.29 is 28.5 Å². The topological polar surface area (TPSA) is 110 Å². The second kappa shape index (κ2) is 14.2. The maximum Gasteiger partial charge on any atom is 0.409 e. The zero-order valence-corrected chi connectivity index (χ0v) is 32.2. The number of rotatable bonds is 9. The first-order valence-corrected chi connectivity index (χ1v) is 18.6. The van der Waals surface area contributed by atoms with Gasteiger partial charge in [-0.25, -0.2) is 19.6 Å². The second-order valence-corrected chi connectivity index (χ2v) is 15.8. The van der Waals surface area contributed by atoms with Gasteiger partial charge in [-0.2, -0.15) is 0 Å². The van der Waals surface area contributed by atoms with Crippen LogP contribution in [0.5, 0.6) is 11.8 Å². The summed E-state index contributed by atoms with van der Waals surface area (Å²) in [5, 5.41) is 1.05. The summed E-state index contributed by atoms with van der Waals surface area (Å²) in [6.45, 7) is 7.93. The van der Waals surface area contributed by atoms with Crippen molar-refractivity contribution in [3.05, 3.63) is 81.8 Å². The average molecular weight is 774 g/mol. The van der Waals surface area contributed by atoms with Crippen LogP contribution >= 0.6 is 23.2 Å². The normalized spacial score (nSPS) is 18.3. The van der Waals surface area contributed by atoms with Crippen LogP contribution in [0.25, 0.3) is 33.6 Å². The number of methoxy groups -OCH3 is 4. The molecule has 4 fully saturated rings.